The van der Waals surface area contributed by atoms with Crippen molar-refractivity contribution in [2.45, 2.75) is 30.7 Å². The molecule has 28 heavy (non-hydrogen) atoms. The van der Waals surface area contributed by atoms with Gasteiger partial charge in [-0.05, 0) is 37.5 Å². The van der Waals surface area contributed by atoms with Gasteiger partial charge in [-0.25, -0.2) is 13.4 Å². The van der Waals surface area contributed by atoms with Gasteiger partial charge in [0, 0.05) is 62.4 Å². The summed E-state index contributed by atoms with van der Waals surface area (Å²) in [5.41, 5.74) is 3.93. The quantitative estimate of drug-likeness (QED) is 0.669. The Morgan fingerprint density at radius 2 is 1.96 bits per heavy atom. The van der Waals surface area contributed by atoms with Crippen molar-refractivity contribution in [2.75, 3.05) is 13.1 Å². The molecule has 0 aromatic carbocycles. The third-order valence-corrected chi connectivity index (χ3v) is 6.85. The minimum absolute atomic E-state index is 0.0579. The summed E-state index contributed by atoms with van der Waals surface area (Å²) in [5, 5.41) is 4.35. The van der Waals surface area contributed by atoms with Crippen molar-refractivity contribution in [3.8, 4) is 11.1 Å². The van der Waals surface area contributed by atoms with Crippen molar-refractivity contribution >= 4 is 10.0 Å². The minimum Gasteiger partial charge on any atom is -0.339 e. The molecule has 1 aliphatic heterocycles. The summed E-state index contributed by atoms with van der Waals surface area (Å²) < 4.78 is 30.9. The fraction of sp³-hybridized carbons (Fsp3) is 0.421. The summed E-state index contributed by atoms with van der Waals surface area (Å²) in [4.78, 5) is 8.75. The maximum Gasteiger partial charge on any atom is 0.262 e. The molecule has 0 N–H and O–H groups in total. The zero-order chi connectivity index (χ0) is 19.9. The van der Waals surface area contributed by atoms with Crippen molar-refractivity contribution in [1.82, 2.24) is 28.6 Å². The number of pyridine rings is 1. The Morgan fingerprint density at radius 3 is 2.64 bits per heavy atom. The highest BCUT2D eigenvalue weighted by molar-refractivity contribution is 7.89. The standard InChI is InChI=1S/C19H24N6O2S/c1-14-7-16(17-9-21-24(3)10-17)8-18(22-14)15-5-4-6-25(11-15)28(26,27)19-12-23(2)13-20-19/h7-10,12-13,15H,4-6,11H2,1-3H3/t15-/m0/s1. The number of nitrogens with zero attached hydrogens (tertiary/aromatic N) is 6. The fourth-order valence-corrected chi connectivity index (χ4v) is 5.19. The second-order valence-corrected chi connectivity index (χ2v) is 9.29. The van der Waals surface area contributed by atoms with Crippen LogP contribution < -0.4 is 0 Å². The second-order valence-electron chi connectivity index (χ2n) is 7.40. The Labute approximate surface area is 164 Å². The first-order valence-corrected chi connectivity index (χ1v) is 10.7. The Bertz CT molecular complexity index is 1100. The van der Waals surface area contributed by atoms with E-state index >= 15 is 0 Å². The third kappa shape index (κ3) is 3.59. The number of piperidine rings is 1. The van der Waals surface area contributed by atoms with Gasteiger partial charge in [-0.3, -0.25) is 9.67 Å². The van der Waals surface area contributed by atoms with Gasteiger partial charge in [0.25, 0.3) is 10.0 Å². The van der Waals surface area contributed by atoms with E-state index in [9.17, 15) is 8.42 Å². The number of aromatic nitrogens is 5. The highest BCUT2D eigenvalue weighted by Gasteiger charge is 2.33. The van der Waals surface area contributed by atoms with Gasteiger partial charge in [-0.1, -0.05) is 0 Å². The molecule has 0 unspecified atom stereocenters. The van der Waals surface area contributed by atoms with E-state index in [1.807, 2.05) is 32.4 Å². The molecular weight excluding hydrogens is 376 g/mol. The zero-order valence-electron chi connectivity index (χ0n) is 16.3. The molecule has 4 rings (SSSR count). The first-order valence-electron chi connectivity index (χ1n) is 9.28. The molecule has 3 aromatic heterocycles. The number of hydrogen-bond donors (Lipinski definition) is 0. The molecule has 0 bridgehead atoms. The molecule has 1 fully saturated rings. The maximum atomic E-state index is 13.0. The molecule has 8 nitrogen and oxygen atoms in total. The number of sulfonamides is 1. The van der Waals surface area contributed by atoms with Crippen LogP contribution in [0.2, 0.25) is 0 Å². The van der Waals surface area contributed by atoms with Crippen molar-refractivity contribution < 1.29 is 8.42 Å². The number of aryl methyl sites for hydroxylation is 3. The highest BCUT2D eigenvalue weighted by atomic mass is 32.2. The average Bonchev–Trinajstić information content (AvgIpc) is 3.30. The van der Waals surface area contributed by atoms with Crippen LogP contribution in [0.15, 0.2) is 42.1 Å². The molecule has 0 amide bonds. The molecule has 148 valence electrons. The topological polar surface area (TPSA) is 85.9 Å². The van der Waals surface area contributed by atoms with Crippen LogP contribution in [0.5, 0.6) is 0 Å². The number of rotatable bonds is 4. The lowest BCUT2D eigenvalue weighted by molar-refractivity contribution is 0.312. The van der Waals surface area contributed by atoms with Crippen molar-refractivity contribution in [2.24, 2.45) is 14.1 Å². The van der Waals surface area contributed by atoms with Crippen molar-refractivity contribution in [1.29, 1.82) is 0 Å². The fourth-order valence-electron chi connectivity index (χ4n) is 3.70. The first-order chi connectivity index (χ1) is 13.3. The van der Waals surface area contributed by atoms with Crippen LogP contribution >= 0.6 is 0 Å². The van der Waals surface area contributed by atoms with Gasteiger partial charge in [0.15, 0.2) is 5.03 Å². The molecule has 1 atom stereocenters. The van der Waals surface area contributed by atoms with Gasteiger partial charge < -0.3 is 4.57 Å². The molecule has 0 spiro atoms. The first kappa shape index (κ1) is 18.8. The molecule has 9 heteroatoms. The lowest BCUT2D eigenvalue weighted by atomic mass is 9.93. The van der Waals surface area contributed by atoms with Crippen LogP contribution in [0, 0.1) is 6.92 Å². The van der Waals surface area contributed by atoms with Gasteiger partial charge in [-0.2, -0.15) is 9.40 Å². The van der Waals surface area contributed by atoms with Crippen molar-refractivity contribution in [3.63, 3.8) is 0 Å². The van der Waals surface area contributed by atoms with E-state index in [0.29, 0.717) is 13.1 Å². The van der Waals surface area contributed by atoms with Crippen LogP contribution in [0.1, 0.15) is 30.1 Å². The van der Waals surface area contributed by atoms with Gasteiger partial charge in [0.2, 0.25) is 0 Å². The Kier molecular flexibility index (Phi) is 4.80. The monoisotopic (exact) mass is 400 g/mol. The van der Waals surface area contributed by atoms with Crippen LogP contribution in [0.4, 0.5) is 0 Å². The summed E-state index contributed by atoms with van der Waals surface area (Å²) >= 11 is 0. The molecule has 3 aromatic rings. The summed E-state index contributed by atoms with van der Waals surface area (Å²) in [6.45, 7) is 2.90. The lowest BCUT2D eigenvalue weighted by Gasteiger charge is -2.31. The molecule has 4 heterocycles. The third-order valence-electron chi connectivity index (χ3n) is 5.10. The van der Waals surface area contributed by atoms with Crippen LogP contribution in [-0.2, 0) is 24.1 Å². The molecule has 1 saturated heterocycles. The van der Waals surface area contributed by atoms with E-state index in [1.54, 1.807) is 22.5 Å². The van der Waals surface area contributed by atoms with E-state index in [1.165, 1.54) is 10.6 Å². The minimum atomic E-state index is -3.59. The van der Waals surface area contributed by atoms with E-state index < -0.39 is 10.0 Å². The smallest absolute Gasteiger partial charge is 0.262 e. The van der Waals surface area contributed by atoms with Gasteiger partial charge >= 0.3 is 0 Å². The zero-order valence-corrected chi connectivity index (χ0v) is 17.1. The summed E-state index contributed by atoms with van der Waals surface area (Å²) in [6.07, 6.45) is 8.57. The maximum absolute atomic E-state index is 13.0. The van der Waals surface area contributed by atoms with E-state index in [2.05, 4.69) is 16.1 Å². The predicted molar refractivity (Wildman–Crippen MR) is 105 cm³/mol. The Balaban J connectivity index is 1.62. The normalized spacial score (nSPS) is 18.5. The molecule has 0 aliphatic carbocycles. The van der Waals surface area contributed by atoms with E-state index in [4.69, 9.17) is 4.98 Å². The summed E-state index contributed by atoms with van der Waals surface area (Å²) in [6, 6.07) is 4.09. The van der Waals surface area contributed by atoms with Gasteiger partial charge in [0.05, 0.1) is 12.5 Å². The average molecular weight is 401 g/mol. The van der Waals surface area contributed by atoms with Gasteiger partial charge in [-0.15, -0.1) is 0 Å². The Morgan fingerprint density at radius 1 is 1.14 bits per heavy atom. The largest absolute Gasteiger partial charge is 0.339 e. The van der Waals surface area contributed by atoms with Crippen LogP contribution in [0.25, 0.3) is 11.1 Å². The molecule has 1 aliphatic rings. The van der Waals surface area contributed by atoms with Gasteiger partial charge in [0.1, 0.15) is 0 Å². The summed E-state index contributed by atoms with van der Waals surface area (Å²) in [7, 11) is 0.0635. The molecule has 0 radical (unpaired) electrons. The second kappa shape index (κ2) is 7.14. The van der Waals surface area contributed by atoms with Crippen LogP contribution in [-0.4, -0.2) is 50.1 Å². The Hall–Kier alpha value is -2.52. The number of hydrogen-bond acceptors (Lipinski definition) is 5. The molecule has 0 saturated carbocycles. The number of imidazole rings is 1. The summed E-state index contributed by atoms with van der Waals surface area (Å²) in [5.74, 6) is 0.0579. The van der Waals surface area contributed by atoms with E-state index in [-0.39, 0.29) is 10.9 Å². The highest BCUT2D eigenvalue weighted by Crippen LogP contribution is 2.31. The van der Waals surface area contributed by atoms with Crippen molar-refractivity contribution in [3.05, 3.63) is 48.4 Å². The van der Waals surface area contributed by atoms with E-state index in [0.717, 1.165) is 35.4 Å². The lowest BCUT2D eigenvalue weighted by Crippen LogP contribution is -2.39. The molecular formula is C19H24N6O2S. The predicted octanol–water partition coefficient (Wildman–Crippen LogP) is 2.09. The SMILES string of the molecule is Cc1cc(-c2cnn(C)c2)cc([C@H]2CCCN(S(=O)(=O)c3cn(C)cn3)C2)n1. The van der Waals surface area contributed by atoms with Crippen LogP contribution in [0.3, 0.4) is 0 Å².